The fraction of sp³-hybridized carbons (Fsp3) is 0.269. The van der Waals surface area contributed by atoms with Crippen molar-refractivity contribution in [3.05, 3.63) is 154 Å². The number of nitrogens with zero attached hydrogens (tertiary/aromatic N) is 9. The van der Waals surface area contributed by atoms with E-state index in [1.807, 2.05) is 30.3 Å². The SMILES string of the molecule is C=CC(=O)N1CCC(Oc2cc3c(Nc4ccc(Cl)c(Cl)c4F)ncnc3cc2OC)CC1.CN1CCC(COc2cnc(-c3cccc(Cn4nc(-c5cccc(C#N)c5)ccc4=O)c3)nc2)CC1. The van der Waals surface area contributed by atoms with Gasteiger partial charge in [0, 0.05) is 54.6 Å². The highest BCUT2D eigenvalue weighted by molar-refractivity contribution is 6.42. The maximum Gasteiger partial charge on any atom is 0.267 e. The first-order chi connectivity index (χ1) is 34.0. The lowest BCUT2D eigenvalue weighted by molar-refractivity contribution is -0.127. The minimum Gasteiger partial charge on any atom is -0.493 e. The number of piperidine rings is 2. The number of nitriles is 1. The van der Waals surface area contributed by atoms with Crippen LogP contribution in [-0.4, -0.2) is 98.5 Å². The van der Waals surface area contributed by atoms with Gasteiger partial charge in [0.2, 0.25) is 5.91 Å². The Labute approximate surface area is 414 Å². The van der Waals surface area contributed by atoms with E-state index in [1.54, 1.807) is 60.8 Å². The second-order valence-electron chi connectivity index (χ2n) is 16.8. The van der Waals surface area contributed by atoms with Crippen LogP contribution in [0.3, 0.4) is 0 Å². The van der Waals surface area contributed by atoms with E-state index in [0.717, 1.165) is 42.6 Å². The fourth-order valence-corrected chi connectivity index (χ4v) is 8.41. The first kappa shape index (κ1) is 49.0. The lowest BCUT2D eigenvalue weighted by atomic mass is 9.98. The molecule has 358 valence electrons. The summed E-state index contributed by atoms with van der Waals surface area (Å²) >= 11 is 11.8. The van der Waals surface area contributed by atoms with Crippen LogP contribution in [0.25, 0.3) is 33.5 Å². The van der Waals surface area contributed by atoms with Gasteiger partial charge in [-0.25, -0.2) is 29.0 Å². The summed E-state index contributed by atoms with van der Waals surface area (Å²) in [7, 11) is 3.70. The largest absolute Gasteiger partial charge is 0.493 e. The summed E-state index contributed by atoms with van der Waals surface area (Å²) in [5.41, 5.74) is 4.23. The number of halogens is 3. The van der Waals surface area contributed by atoms with E-state index in [2.05, 4.69) is 54.9 Å². The van der Waals surface area contributed by atoms with E-state index in [4.69, 9.17) is 37.4 Å². The maximum absolute atomic E-state index is 14.6. The molecule has 0 bridgehead atoms. The molecule has 5 heterocycles. The molecule has 3 aromatic heterocycles. The second kappa shape index (κ2) is 22.8. The van der Waals surface area contributed by atoms with Gasteiger partial charge in [-0.05, 0) is 93.0 Å². The van der Waals surface area contributed by atoms with Crippen molar-refractivity contribution in [1.29, 1.82) is 5.26 Å². The van der Waals surface area contributed by atoms with Crippen molar-refractivity contribution >= 4 is 51.5 Å². The van der Waals surface area contributed by atoms with E-state index in [-0.39, 0.29) is 33.3 Å². The molecule has 7 aromatic rings. The van der Waals surface area contributed by atoms with Crippen LogP contribution in [0.1, 0.15) is 36.8 Å². The molecule has 18 heteroatoms. The molecule has 70 heavy (non-hydrogen) atoms. The molecule has 0 spiro atoms. The number of hydrogen-bond donors (Lipinski definition) is 1. The molecular formula is C52H49Cl2FN10O5. The highest BCUT2D eigenvalue weighted by atomic mass is 35.5. The standard InChI is InChI=1S/C29H28N6O2.C23H21Cl2FN4O3/c1-34-12-10-21(11-13-34)20-37-26-17-31-29(32-18-26)25-7-3-5-23(15-25)19-35-28(36)9-8-27(33-35)24-6-2-4-22(14-24)16-30;1-3-20(31)30-8-6-13(7-9-30)33-19-10-14-17(11-18(19)32-2)27-12-28-23(14)29-16-5-4-15(24)21(25)22(16)26/h2-9,14-15,17-18,21H,10-13,19-20H2,1H3;3-5,10-13H,1,6-9H2,2H3,(H,27,28,29). The number of fused-ring (bicyclic) bond motifs is 1. The molecule has 15 nitrogen and oxygen atoms in total. The zero-order valence-corrected chi connectivity index (χ0v) is 40.0. The van der Waals surface area contributed by atoms with Crippen molar-refractivity contribution in [1.82, 2.24) is 39.5 Å². The number of nitrogens with one attached hydrogen (secondary N) is 1. The molecule has 2 fully saturated rings. The van der Waals surface area contributed by atoms with Gasteiger partial charge in [-0.1, -0.05) is 60.1 Å². The molecule has 2 saturated heterocycles. The van der Waals surface area contributed by atoms with Gasteiger partial charge in [0.25, 0.3) is 5.56 Å². The first-order valence-electron chi connectivity index (χ1n) is 22.6. The van der Waals surface area contributed by atoms with Crippen molar-refractivity contribution in [3.63, 3.8) is 0 Å². The van der Waals surface area contributed by atoms with E-state index in [0.29, 0.717) is 96.1 Å². The Morgan fingerprint density at radius 3 is 2.41 bits per heavy atom. The highest BCUT2D eigenvalue weighted by Gasteiger charge is 2.25. The molecule has 0 atom stereocenters. The van der Waals surface area contributed by atoms with Gasteiger partial charge in [-0.2, -0.15) is 10.4 Å². The minimum atomic E-state index is -0.679. The van der Waals surface area contributed by atoms with E-state index in [1.165, 1.54) is 35.3 Å². The van der Waals surface area contributed by atoms with E-state index < -0.39 is 5.82 Å². The van der Waals surface area contributed by atoms with Crippen LogP contribution in [0, 0.1) is 23.1 Å². The van der Waals surface area contributed by atoms with Crippen LogP contribution in [0.5, 0.6) is 17.2 Å². The topological polar surface area (TPSA) is 174 Å². The molecule has 2 aliphatic heterocycles. The number of ether oxygens (including phenoxy) is 3. The van der Waals surface area contributed by atoms with E-state index >= 15 is 0 Å². The molecule has 0 saturated carbocycles. The molecule has 0 unspecified atom stereocenters. The summed E-state index contributed by atoms with van der Waals surface area (Å²) < 4.78 is 33.7. The zero-order valence-electron chi connectivity index (χ0n) is 38.5. The predicted molar refractivity (Wildman–Crippen MR) is 267 cm³/mol. The average molecular weight is 984 g/mol. The van der Waals surface area contributed by atoms with Crippen molar-refractivity contribution in [2.45, 2.75) is 38.3 Å². The van der Waals surface area contributed by atoms with Crippen molar-refractivity contribution < 1.29 is 23.4 Å². The van der Waals surface area contributed by atoms with Crippen LogP contribution < -0.4 is 25.1 Å². The van der Waals surface area contributed by atoms with Gasteiger partial charge >= 0.3 is 0 Å². The van der Waals surface area contributed by atoms with Crippen LogP contribution in [0.4, 0.5) is 15.9 Å². The van der Waals surface area contributed by atoms with E-state index in [9.17, 15) is 19.2 Å². The highest BCUT2D eigenvalue weighted by Crippen LogP contribution is 2.38. The molecule has 0 aliphatic carbocycles. The second-order valence-corrected chi connectivity index (χ2v) is 17.6. The van der Waals surface area contributed by atoms with Crippen LogP contribution in [-0.2, 0) is 11.3 Å². The molecule has 9 rings (SSSR count). The number of carbonyl (C=O) groups is 1. The number of hydrogen-bond acceptors (Lipinski definition) is 13. The Morgan fingerprint density at radius 2 is 1.67 bits per heavy atom. The Kier molecular flexibility index (Phi) is 15.9. The van der Waals surface area contributed by atoms with Gasteiger partial charge in [-0.15, -0.1) is 0 Å². The lowest BCUT2D eigenvalue weighted by Crippen LogP contribution is -2.41. The average Bonchev–Trinajstić information content (AvgIpc) is 3.39. The van der Waals surface area contributed by atoms with Crippen LogP contribution in [0.15, 0.2) is 121 Å². The number of amides is 1. The van der Waals surface area contributed by atoms with Gasteiger partial charge in [0.05, 0.1) is 71.2 Å². The third kappa shape index (κ3) is 12.0. The Hall–Kier alpha value is -7.45. The van der Waals surface area contributed by atoms with Crippen molar-refractivity contribution in [3.8, 4) is 46.0 Å². The van der Waals surface area contributed by atoms with Gasteiger partial charge < -0.3 is 29.3 Å². The fourth-order valence-electron chi connectivity index (χ4n) is 8.10. The summed E-state index contributed by atoms with van der Waals surface area (Å²) in [6, 6.07) is 26.7. The Balaban J connectivity index is 0.000000190. The first-order valence-corrected chi connectivity index (χ1v) is 23.4. The summed E-state index contributed by atoms with van der Waals surface area (Å²) in [4.78, 5) is 46.0. The number of carbonyl (C=O) groups excluding carboxylic acids is 1. The normalized spacial score (nSPS) is 14.3. The predicted octanol–water partition coefficient (Wildman–Crippen LogP) is 9.39. The lowest BCUT2D eigenvalue weighted by Gasteiger charge is -2.31. The molecule has 0 radical (unpaired) electrons. The third-order valence-electron chi connectivity index (χ3n) is 12.1. The van der Waals surface area contributed by atoms with Crippen LogP contribution >= 0.6 is 23.2 Å². The molecule has 2 aliphatic rings. The van der Waals surface area contributed by atoms with Crippen molar-refractivity contribution in [2.75, 3.05) is 52.3 Å². The molecule has 1 N–H and O–H groups in total. The minimum absolute atomic E-state index is 0.0841. The summed E-state index contributed by atoms with van der Waals surface area (Å²) in [6.45, 7) is 7.91. The van der Waals surface area contributed by atoms with Gasteiger partial charge in [0.1, 0.15) is 18.2 Å². The Bertz CT molecular complexity index is 3100. The Morgan fingerprint density at radius 1 is 0.914 bits per heavy atom. The number of anilines is 2. The maximum atomic E-state index is 14.6. The number of likely N-dealkylation sites (tertiary alicyclic amines) is 2. The third-order valence-corrected chi connectivity index (χ3v) is 12.8. The zero-order chi connectivity index (χ0) is 49.1. The van der Waals surface area contributed by atoms with Gasteiger partial charge in [-0.3, -0.25) is 9.59 Å². The van der Waals surface area contributed by atoms with Gasteiger partial charge in [0.15, 0.2) is 28.9 Å². The summed E-state index contributed by atoms with van der Waals surface area (Å²) in [5, 5.41) is 17.2. The molecule has 1 amide bonds. The van der Waals surface area contributed by atoms with Crippen molar-refractivity contribution in [2.24, 2.45) is 5.92 Å². The monoisotopic (exact) mass is 982 g/mol. The number of aromatic nitrogens is 6. The molecular weight excluding hydrogens is 935 g/mol. The summed E-state index contributed by atoms with van der Waals surface area (Å²) in [6.07, 6.45) is 9.66. The smallest absolute Gasteiger partial charge is 0.267 e. The number of benzene rings is 4. The molecule has 4 aromatic carbocycles. The van der Waals surface area contributed by atoms with Crippen LogP contribution in [0.2, 0.25) is 10.0 Å². The number of rotatable bonds is 13. The summed E-state index contributed by atoms with van der Waals surface area (Å²) in [5.74, 6) is 2.46. The number of methoxy groups -OCH3 is 1. The quantitative estimate of drug-likeness (QED) is 0.0856.